The van der Waals surface area contributed by atoms with E-state index < -0.39 is 5.91 Å². The Bertz CT molecular complexity index is 581. The van der Waals surface area contributed by atoms with E-state index in [1.807, 2.05) is 0 Å². The maximum absolute atomic E-state index is 12.5. The van der Waals surface area contributed by atoms with Crippen molar-refractivity contribution >= 4 is 11.8 Å². The van der Waals surface area contributed by atoms with Gasteiger partial charge in [-0.05, 0) is 43.5 Å². The molecule has 0 spiro atoms. The minimum Gasteiger partial charge on any atom is -0.484 e. The summed E-state index contributed by atoms with van der Waals surface area (Å²) in [5.74, 6) is -0.142. The van der Waals surface area contributed by atoms with Crippen LogP contribution in [0.15, 0.2) is 24.3 Å². The molecular formula is C18H26N2O4. The van der Waals surface area contributed by atoms with E-state index in [9.17, 15) is 9.59 Å². The Morgan fingerprint density at radius 2 is 1.88 bits per heavy atom. The van der Waals surface area contributed by atoms with Crippen LogP contribution in [-0.4, -0.2) is 37.7 Å². The minimum absolute atomic E-state index is 0.00888. The van der Waals surface area contributed by atoms with E-state index in [4.69, 9.17) is 15.2 Å². The van der Waals surface area contributed by atoms with Crippen molar-refractivity contribution in [2.24, 2.45) is 11.1 Å². The molecule has 1 aromatic carbocycles. The molecule has 2 amide bonds. The van der Waals surface area contributed by atoms with Gasteiger partial charge in [0, 0.05) is 24.1 Å². The van der Waals surface area contributed by atoms with Crippen LogP contribution in [-0.2, 0) is 9.53 Å². The minimum atomic E-state index is -0.537. The van der Waals surface area contributed by atoms with E-state index in [0.29, 0.717) is 11.3 Å². The number of hydrogen-bond acceptors (Lipinski definition) is 4. The lowest BCUT2D eigenvalue weighted by Gasteiger charge is -2.55. The molecule has 1 saturated carbocycles. The Balaban J connectivity index is 1.98. The number of carbonyl (C=O) groups is 2. The molecule has 0 aliphatic heterocycles. The van der Waals surface area contributed by atoms with Crippen LogP contribution in [0.2, 0.25) is 0 Å². The fraction of sp³-hybridized carbons (Fsp3) is 0.556. The first-order valence-electron chi connectivity index (χ1n) is 8.31. The van der Waals surface area contributed by atoms with Crippen LogP contribution in [0.4, 0.5) is 0 Å². The molecule has 0 saturated heterocycles. The van der Waals surface area contributed by atoms with Gasteiger partial charge in [-0.2, -0.15) is 0 Å². The molecule has 2 atom stereocenters. The lowest BCUT2D eigenvalue weighted by Crippen LogP contribution is -2.64. The second kappa shape index (κ2) is 7.66. The Labute approximate surface area is 142 Å². The molecule has 24 heavy (non-hydrogen) atoms. The lowest BCUT2D eigenvalue weighted by atomic mass is 9.58. The summed E-state index contributed by atoms with van der Waals surface area (Å²) < 4.78 is 10.7. The maximum Gasteiger partial charge on any atom is 0.255 e. The molecular weight excluding hydrogens is 308 g/mol. The Morgan fingerprint density at radius 3 is 2.38 bits per heavy atom. The van der Waals surface area contributed by atoms with Crippen molar-refractivity contribution in [2.75, 3.05) is 13.7 Å². The van der Waals surface area contributed by atoms with E-state index in [1.54, 1.807) is 31.4 Å². The number of nitrogens with one attached hydrogen (secondary N) is 1. The van der Waals surface area contributed by atoms with Gasteiger partial charge < -0.3 is 20.5 Å². The fourth-order valence-electron chi connectivity index (χ4n) is 3.58. The molecule has 0 bridgehead atoms. The molecule has 6 nitrogen and oxygen atoms in total. The second-order valence-corrected chi connectivity index (χ2v) is 6.21. The number of ether oxygens (including phenoxy) is 2. The fourth-order valence-corrected chi connectivity index (χ4v) is 3.58. The summed E-state index contributed by atoms with van der Waals surface area (Å²) in [5, 5.41) is 3.13. The van der Waals surface area contributed by atoms with Gasteiger partial charge in [0.1, 0.15) is 5.75 Å². The molecule has 0 radical (unpaired) electrons. The average molecular weight is 334 g/mol. The number of benzene rings is 1. The predicted molar refractivity (Wildman–Crippen MR) is 90.8 cm³/mol. The van der Waals surface area contributed by atoms with Crippen LogP contribution >= 0.6 is 0 Å². The highest BCUT2D eigenvalue weighted by molar-refractivity contribution is 5.94. The topological polar surface area (TPSA) is 90.6 Å². The highest BCUT2D eigenvalue weighted by atomic mass is 16.5. The Kier molecular flexibility index (Phi) is 5.83. The first-order valence-corrected chi connectivity index (χ1v) is 8.31. The first-order chi connectivity index (χ1) is 11.5. The van der Waals surface area contributed by atoms with E-state index in [0.717, 1.165) is 19.3 Å². The molecule has 132 valence electrons. The lowest BCUT2D eigenvalue weighted by molar-refractivity contribution is -0.120. The summed E-state index contributed by atoms with van der Waals surface area (Å²) >= 11 is 0. The van der Waals surface area contributed by atoms with Gasteiger partial charge in [-0.25, -0.2) is 0 Å². The highest BCUT2D eigenvalue weighted by Crippen LogP contribution is 2.48. The maximum atomic E-state index is 12.5. The van der Waals surface area contributed by atoms with Crippen molar-refractivity contribution < 1.29 is 19.1 Å². The van der Waals surface area contributed by atoms with Crippen LogP contribution in [0.3, 0.4) is 0 Å². The summed E-state index contributed by atoms with van der Waals surface area (Å²) in [4.78, 5) is 23.2. The standard InChI is InChI=1S/C18H26N2O4/c1-4-18(5-2)14(10-15(18)23-3)20-17(22)12-6-8-13(9-7-12)24-11-16(19)21/h6-9,14-15H,4-5,10-11H2,1-3H3,(H2,19,21)(H,20,22). The average Bonchev–Trinajstić information content (AvgIpc) is 2.58. The number of methoxy groups -OCH3 is 1. The van der Waals surface area contributed by atoms with Crippen LogP contribution in [0.25, 0.3) is 0 Å². The van der Waals surface area contributed by atoms with E-state index in [-0.39, 0.29) is 30.1 Å². The van der Waals surface area contributed by atoms with Crippen LogP contribution < -0.4 is 15.8 Å². The monoisotopic (exact) mass is 334 g/mol. The smallest absolute Gasteiger partial charge is 0.255 e. The third kappa shape index (κ3) is 3.53. The van der Waals surface area contributed by atoms with Gasteiger partial charge in [0.05, 0.1) is 6.10 Å². The molecule has 1 aliphatic rings. The third-order valence-electron chi connectivity index (χ3n) is 5.19. The van der Waals surface area contributed by atoms with Crippen LogP contribution in [0, 0.1) is 5.41 Å². The zero-order valence-electron chi connectivity index (χ0n) is 14.5. The molecule has 1 aliphatic carbocycles. The van der Waals surface area contributed by atoms with Crippen molar-refractivity contribution in [3.63, 3.8) is 0 Å². The van der Waals surface area contributed by atoms with Gasteiger partial charge in [-0.15, -0.1) is 0 Å². The number of rotatable bonds is 8. The molecule has 2 unspecified atom stereocenters. The quantitative estimate of drug-likeness (QED) is 0.759. The van der Waals surface area contributed by atoms with Crippen molar-refractivity contribution in [3.05, 3.63) is 29.8 Å². The molecule has 2 rings (SSSR count). The van der Waals surface area contributed by atoms with Crippen LogP contribution in [0.1, 0.15) is 43.5 Å². The predicted octanol–water partition coefficient (Wildman–Crippen LogP) is 1.87. The molecule has 1 fully saturated rings. The van der Waals surface area contributed by atoms with Crippen molar-refractivity contribution in [2.45, 2.75) is 45.3 Å². The summed E-state index contributed by atoms with van der Waals surface area (Å²) in [6, 6.07) is 6.79. The zero-order valence-corrected chi connectivity index (χ0v) is 14.5. The van der Waals surface area contributed by atoms with Gasteiger partial charge in [-0.1, -0.05) is 13.8 Å². The summed E-state index contributed by atoms with van der Waals surface area (Å²) in [7, 11) is 1.73. The SMILES string of the molecule is CCC1(CC)C(NC(=O)c2ccc(OCC(N)=O)cc2)CC1OC. The third-order valence-corrected chi connectivity index (χ3v) is 5.19. The molecule has 6 heteroatoms. The largest absolute Gasteiger partial charge is 0.484 e. The van der Waals surface area contributed by atoms with E-state index >= 15 is 0 Å². The van der Waals surface area contributed by atoms with Crippen molar-refractivity contribution in [1.82, 2.24) is 5.32 Å². The van der Waals surface area contributed by atoms with Gasteiger partial charge in [0.2, 0.25) is 0 Å². The van der Waals surface area contributed by atoms with Crippen molar-refractivity contribution in [3.8, 4) is 5.75 Å². The van der Waals surface area contributed by atoms with E-state index in [2.05, 4.69) is 19.2 Å². The molecule has 3 N–H and O–H groups in total. The molecule has 1 aromatic rings. The van der Waals surface area contributed by atoms with Gasteiger partial charge >= 0.3 is 0 Å². The van der Waals surface area contributed by atoms with Crippen LogP contribution in [0.5, 0.6) is 5.75 Å². The molecule has 0 heterocycles. The highest BCUT2D eigenvalue weighted by Gasteiger charge is 2.53. The van der Waals surface area contributed by atoms with Gasteiger partial charge in [0.25, 0.3) is 11.8 Å². The first kappa shape index (κ1) is 18.3. The van der Waals surface area contributed by atoms with Gasteiger partial charge in [0.15, 0.2) is 6.61 Å². The summed E-state index contributed by atoms with van der Waals surface area (Å²) in [6.45, 7) is 4.10. The number of hydrogen-bond donors (Lipinski definition) is 2. The van der Waals surface area contributed by atoms with E-state index in [1.165, 1.54) is 0 Å². The summed E-state index contributed by atoms with van der Waals surface area (Å²) in [6.07, 6.45) is 2.96. The summed E-state index contributed by atoms with van der Waals surface area (Å²) in [5.41, 5.74) is 5.60. The molecule has 0 aromatic heterocycles. The number of amides is 2. The normalized spacial score (nSPS) is 21.6. The Hall–Kier alpha value is -2.08. The van der Waals surface area contributed by atoms with Crippen molar-refractivity contribution in [1.29, 1.82) is 0 Å². The number of nitrogens with two attached hydrogens (primary N) is 1. The second-order valence-electron chi connectivity index (χ2n) is 6.21. The number of primary amides is 1. The zero-order chi connectivity index (χ0) is 17.7. The van der Waals surface area contributed by atoms with Gasteiger partial charge in [-0.3, -0.25) is 9.59 Å². The Morgan fingerprint density at radius 1 is 1.25 bits per heavy atom. The number of carbonyl (C=O) groups excluding carboxylic acids is 2.